The Kier molecular flexibility index (Phi) is 6.32. The van der Waals surface area contributed by atoms with E-state index in [4.69, 9.17) is 43.9 Å². The molecule has 0 radical (unpaired) electrons. The number of hydrogen-bond donors (Lipinski definition) is 1. The number of benzene rings is 1. The van der Waals surface area contributed by atoms with Crippen molar-refractivity contribution in [3.05, 3.63) is 35.9 Å². The summed E-state index contributed by atoms with van der Waals surface area (Å²) in [4.78, 5) is 12.1. The molecule has 1 amide bonds. The molecule has 0 fully saturated rings. The van der Waals surface area contributed by atoms with Gasteiger partial charge in [0.1, 0.15) is 0 Å². The Balaban J connectivity index is 3.04. The predicted molar refractivity (Wildman–Crippen MR) is 79.6 cm³/mol. The van der Waals surface area contributed by atoms with Crippen LogP contribution in [0.25, 0.3) is 0 Å². The van der Waals surface area contributed by atoms with Gasteiger partial charge < -0.3 is 14.4 Å². The third-order valence-electron chi connectivity index (χ3n) is 2.44. The minimum atomic E-state index is -3.81. The van der Waals surface area contributed by atoms with Crippen molar-refractivity contribution < 1.29 is 18.4 Å². The van der Waals surface area contributed by atoms with Crippen molar-refractivity contribution >= 4 is 48.3 Å². The summed E-state index contributed by atoms with van der Waals surface area (Å²) >= 11 is 17.3. The highest BCUT2D eigenvalue weighted by atomic mass is 35.6. The lowest BCUT2D eigenvalue weighted by atomic mass is 10.2. The normalized spacial score (nSPS) is 13.8. The summed E-state index contributed by atoms with van der Waals surface area (Å²) in [5.41, 5.74) is 0.325. The van der Waals surface area contributed by atoms with Crippen LogP contribution < -0.4 is 5.32 Å². The molecule has 0 aromatic heterocycles. The first-order valence-corrected chi connectivity index (χ1v) is 8.13. The third-order valence-corrected chi connectivity index (χ3v) is 5.72. The second-order valence-electron chi connectivity index (χ2n) is 3.69. The summed E-state index contributed by atoms with van der Waals surface area (Å²) in [6.07, 6.45) is 0. The van der Waals surface area contributed by atoms with Crippen LogP contribution in [0.3, 0.4) is 0 Å². The van der Waals surface area contributed by atoms with Crippen molar-refractivity contribution in [2.75, 3.05) is 14.2 Å². The molecule has 0 spiro atoms. The van der Waals surface area contributed by atoms with Crippen molar-refractivity contribution in [3.63, 3.8) is 0 Å². The smallest absolute Gasteiger partial charge is 0.334 e. The zero-order valence-corrected chi connectivity index (χ0v) is 13.8. The van der Waals surface area contributed by atoms with E-state index in [0.717, 1.165) is 14.2 Å². The van der Waals surface area contributed by atoms with Crippen molar-refractivity contribution in [3.8, 4) is 0 Å². The van der Waals surface area contributed by atoms with Crippen LogP contribution >= 0.6 is 42.4 Å². The summed E-state index contributed by atoms with van der Waals surface area (Å²) in [6, 6.07) is 8.22. The monoisotopic (exact) mass is 359 g/mol. The molecule has 1 atom stereocenters. The molecule has 1 aromatic carbocycles. The van der Waals surface area contributed by atoms with Crippen LogP contribution in [0.1, 0.15) is 10.4 Å². The van der Waals surface area contributed by atoms with Gasteiger partial charge in [0, 0.05) is 19.8 Å². The molecule has 0 saturated carbocycles. The molecule has 0 unspecified atom stereocenters. The SMILES string of the molecule is COP(=O)(OC)[C@@H](NC(=O)c1ccccc1)C(Cl)(Cl)Cl. The van der Waals surface area contributed by atoms with Gasteiger partial charge in [-0.2, -0.15) is 0 Å². The van der Waals surface area contributed by atoms with Gasteiger partial charge in [-0.3, -0.25) is 9.36 Å². The molecule has 20 heavy (non-hydrogen) atoms. The molecule has 1 N–H and O–H groups in total. The maximum absolute atomic E-state index is 12.4. The van der Waals surface area contributed by atoms with Gasteiger partial charge in [0.25, 0.3) is 5.91 Å². The van der Waals surface area contributed by atoms with Crippen LogP contribution in [0.4, 0.5) is 0 Å². The number of alkyl halides is 3. The third kappa shape index (κ3) is 4.35. The van der Waals surface area contributed by atoms with Crippen LogP contribution in [-0.4, -0.2) is 29.7 Å². The number of hydrogen-bond acceptors (Lipinski definition) is 4. The van der Waals surface area contributed by atoms with Crippen molar-refractivity contribution in [1.82, 2.24) is 5.32 Å². The molecule has 0 aliphatic heterocycles. The summed E-state index contributed by atoms with van der Waals surface area (Å²) < 4.78 is 19.8. The van der Waals surface area contributed by atoms with E-state index in [9.17, 15) is 9.36 Å². The lowest BCUT2D eigenvalue weighted by Crippen LogP contribution is -2.44. The summed E-state index contributed by atoms with van der Waals surface area (Å²) in [7, 11) is -1.53. The molecule has 5 nitrogen and oxygen atoms in total. The molecule has 1 aromatic rings. The Bertz CT molecular complexity index is 498. The molecule has 0 saturated heterocycles. The molecule has 0 aliphatic carbocycles. The van der Waals surface area contributed by atoms with E-state index in [-0.39, 0.29) is 0 Å². The highest BCUT2D eigenvalue weighted by Gasteiger charge is 2.49. The predicted octanol–water partition coefficient (Wildman–Crippen LogP) is 3.60. The Morgan fingerprint density at radius 2 is 1.70 bits per heavy atom. The Hall–Kier alpha value is -0.290. The highest BCUT2D eigenvalue weighted by Crippen LogP contribution is 2.57. The average Bonchev–Trinajstić information content (AvgIpc) is 2.43. The fraction of sp³-hybridized carbons (Fsp3) is 0.364. The van der Waals surface area contributed by atoms with Gasteiger partial charge >= 0.3 is 7.60 Å². The zero-order valence-electron chi connectivity index (χ0n) is 10.7. The second kappa shape index (κ2) is 7.12. The van der Waals surface area contributed by atoms with E-state index in [1.807, 2.05) is 0 Å². The van der Waals surface area contributed by atoms with E-state index in [1.165, 1.54) is 0 Å². The topological polar surface area (TPSA) is 64.6 Å². The van der Waals surface area contributed by atoms with E-state index >= 15 is 0 Å². The number of rotatable bonds is 5. The molecular weight excluding hydrogens is 347 g/mol. The summed E-state index contributed by atoms with van der Waals surface area (Å²) in [5.74, 6) is -2.00. The minimum Gasteiger partial charge on any atom is -0.334 e. The number of halogens is 3. The number of amides is 1. The minimum absolute atomic E-state index is 0.325. The van der Waals surface area contributed by atoms with Crippen molar-refractivity contribution in [2.24, 2.45) is 0 Å². The van der Waals surface area contributed by atoms with Crippen LogP contribution in [-0.2, 0) is 13.6 Å². The fourth-order valence-electron chi connectivity index (χ4n) is 1.42. The maximum atomic E-state index is 12.4. The van der Waals surface area contributed by atoms with Gasteiger partial charge in [-0.05, 0) is 12.1 Å². The quantitative estimate of drug-likeness (QED) is 0.644. The maximum Gasteiger partial charge on any atom is 0.356 e. The Morgan fingerprint density at radius 3 is 2.10 bits per heavy atom. The van der Waals surface area contributed by atoms with Crippen molar-refractivity contribution in [1.29, 1.82) is 0 Å². The first-order valence-electron chi connectivity index (χ1n) is 5.38. The van der Waals surface area contributed by atoms with Crippen LogP contribution in [0, 0.1) is 0 Å². The zero-order chi connectivity index (χ0) is 15.4. The first kappa shape index (κ1) is 17.8. The Morgan fingerprint density at radius 1 is 1.20 bits per heavy atom. The van der Waals surface area contributed by atoms with Gasteiger partial charge in [-0.1, -0.05) is 53.0 Å². The van der Waals surface area contributed by atoms with Gasteiger partial charge in [0.15, 0.2) is 5.78 Å². The number of carbonyl (C=O) groups excluding carboxylic acids is 1. The van der Waals surface area contributed by atoms with Crippen LogP contribution in [0.15, 0.2) is 30.3 Å². The van der Waals surface area contributed by atoms with E-state index < -0.39 is 23.1 Å². The molecule has 112 valence electrons. The van der Waals surface area contributed by atoms with E-state index in [0.29, 0.717) is 5.56 Å². The lowest BCUT2D eigenvalue weighted by Gasteiger charge is -2.30. The molecule has 9 heteroatoms. The average molecular weight is 361 g/mol. The second-order valence-corrected chi connectivity index (χ2v) is 8.38. The summed E-state index contributed by atoms with van der Waals surface area (Å²) in [6.45, 7) is 0. The fourth-order valence-corrected chi connectivity index (χ4v) is 3.87. The lowest BCUT2D eigenvalue weighted by molar-refractivity contribution is 0.0941. The van der Waals surface area contributed by atoms with Crippen LogP contribution in [0.2, 0.25) is 0 Å². The molecule has 0 aliphatic rings. The Labute approximate surface area is 132 Å². The number of nitrogens with one attached hydrogen (secondary N) is 1. The first-order chi connectivity index (χ1) is 9.24. The van der Waals surface area contributed by atoms with Gasteiger partial charge in [-0.15, -0.1) is 0 Å². The molecule has 0 bridgehead atoms. The van der Waals surface area contributed by atoms with Crippen molar-refractivity contribution in [2.45, 2.75) is 9.58 Å². The van der Waals surface area contributed by atoms with Gasteiger partial charge in [0.05, 0.1) is 0 Å². The van der Waals surface area contributed by atoms with E-state index in [1.54, 1.807) is 30.3 Å². The van der Waals surface area contributed by atoms with Gasteiger partial charge in [0.2, 0.25) is 3.79 Å². The van der Waals surface area contributed by atoms with Crippen LogP contribution in [0.5, 0.6) is 0 Å². The summed E-state index contributed by atoms with van der Waals surface area (Å²) in [5, 5.41) is 2.37. The van der Waals surface area contributed by atoms with Gasteiger partial charge in [-0.25, -0.2) is 0 Å². The highest BCUT2D eigenvalue weighted by molar-refractivity contribution is 7.55. The standard InChI is InChI=1S/C11H13Cl3NO4P/c1-18-20(17,19-2)10(11(12,13)14)15-9(16)8-6-4-3-5-7-8/h3-7,10H,1-2H3,(H,15,16)/t10-/m1/s1. The largest absolute Gasteiger partial charge is 0.356 e. The molecule has 0 heterocycles. The van der Waals surface area contributed by atoms with E-state index in [2.05, 4.69) is 5.32 Å². The molecule has 1 rings (SSSR count). The molecular formula is C11H13Cl3NO4P. The number of carbonyl (C=O) groups is 1.